The van der Waals surface area contributed by atoms with Crippen LogP contribution in [0.3, 0.4) is 0 Å². The molecule has 0 saturated heterocycles. The summed E-state index contributed by atoms with van der Waals surface area (Å²) in [5.74, 6) is -7.28. The van der Waals surface area contributed by atoms with Gasteiger partial charge in [-0.3, -0.25) is 4.98 Å². The van der Waals surface area contributed by atoms with Crippen LogP contribution in [-0.4, -0.2) is 4.98 Å². The molecule has 0 N–H and O–H groups in total. The average molecular weight is 641 g/mol. The molecular weight excluding hydrogens is 609 g/mol. The van der Waals surface area contributed by atoms with E-state index in [0.29, 0.717) is 41.4 Å². The Morgan fingerprint density at radius 3 is 2.02 bits per heavy atom. The zero-order valence-electron chi connectivity index (χ0n) is 25.0. The minimum absolute atomic E-state index is 0.249. The summed E-state index contributed by atoms with van der Waals surface area (Å²) in [4.78, 5) is 4.52. The van der Waals surface area contributed by atoms with Gasteiger partial charge in [-0.25, -0.2) is 22.0 Å². The molecule has 0 spiro atoms. The number of nitriles is 1. The van der Waals surface area contributed by atoms with Gasteiger partial charge in [0.1, 0.15) is 52.0 Å². The van der Waals surface area contributed by atoms with E-state index < -0.39 is 52.1 Å². The number of ether oxygens (including phenoxy) is 1. The highest BCUT2D eigenvalue weighted by molar-refractivity contribution is 5.70. The van der Waals surface area contributed by atoms with Crippen molar-refractivity contribution in [2.24, 2.45) is 5.92 Å². The minimum Gasteiger partial charge on any atom is -0.429 e. The number of halogens is 7. The first-order chi connectivity index (χ1) is 22.0. The predicted octanol–water partition coefficient (Wildman–Crippen LogP) is 11.0. The van der Waals surface area contributed by atoms with E-state index >= 15 is 4.39 Å². The first-order valence-corrected chi connectivity index (χ1v) is 15.2. The van der Waals surface area contributed by atoms with Gasteiger partial charge >= 0.3 is 6.11 Å². The quantitative estimate of drug-likeness (QED) is 0.128. The number of hydrogen-bond acceptors (Lipinski definition) is 3. The lowest BCUT2D eigenvalue weighted by molar-refractivity contribution is -0.189. The standard InChI is InChI=1S/C36H31F7N2O/c1-2-3-4-5-21-6-8-22(9-7-21)24-11-13-34(45-20-24)23-10-12-27(29(37)14-23)25-15-32(40)35(33(41)16-25)36(42,43)46-26-17-30(38)28(19-44)31(39)18-26/h10-18,20-22H,2-9H2,1H3. The molecule has 3 aromatic carbocycles. The first kappa shape index (κ1) is 33.0. The van der Waals surface area contributed by atoms with Gasteiger partial charge in [0, 0.05) is 29.5 Å². The molecule has 0 amide bonds. The number of alkyl halides is 2. The molecule has 1 aliphatic carbocycles. The molecule has 1 fully saturated rings. The number of rotatable bonds is 10. The minimum atomic E-state index is -4.71. The van der Waals surface area contributed by atoms with Gasteiger partial charge < -0.3 is 4.74 Å². The molecule has 0 unspecified atom stereocenters. The van der Waals surface area contributed by atoms with Gasteiger partial charge in [0.25, 0.3) is 0 Å². The number of hydrogen-bond donors (Lipinski definition) is 0. The molecule has 5 rings (SSSR count). The molecule has 1 aromatic heterocycles. The van der Waals surface area contributed by atoms with Gasteiger partial charge in [-0.05, 0) is 72.9 Å². The molecule has 0 aliphatic heterocycles. The molecule has 46 heavy (non-hydrogen) atoms. The number of aromatic nitrogens is 1. The van der Waals surface area contributed by atoms with E-state index in [1.54, 1.807) is 12.3 Å². The lowest BCUT2D eigenvalue weighted by atomic mass is 9.77. The average Bonchev–Trinajstić information content (AvgIpc) is 3.01. The third-order valence-corrected chi connectivity index (χ3v) is 8.60. The van der Waals surface area contributed by atoms with Crippen LogP contribution in [0.2, 0.25) is 0 Å². The monoisotopic (exact) mass is 640 g/mol. The maximum atomic E-state index is 15.2. The van der Waals surface area contributed by atoms with Crippen LogP contribution in [0, 0.1) is 46.3 Å². The van der Waals surface area contributed by atoms with Gasteiger partial charge in [0.05, 0.1) is 5.69 Å². The Hall–Kier alpha value is -4.39. The van der Waals surface area contributed by atoms with Crippen molar-refractivity contribution in [1.82, 2.24) is 4.98 Å². The number of unbranched alkanes of at least 4 members (excludes halogenated alkanes) is 2. The van der Waals surface area contributed by atoms with Crippen LogP contribution < -0.4 is 4.74 Å². The van der Waals surface area contributed by atoms with Gasteiger partial charge in [-0.1, -0.05) is 50.8 Å². The van der Waals surface area contributed by atoms with Crippen molar-refractivity contribution in [3.05, 3.63) is 107 Å². The molecule has 4 aromatic rings. The summed E-state index contributed by atoms with van der Waals surface area (Å²) >= 11 is 0. The fourth-order valence-corrected chi connectivity index (χ4v) is 6.11. The predicted molar refractivity (Wildman–Crippen MR) is 159 cm³/mol. The van der Waals surface area contributed by atoms with Crippen LogP contribution in [0.5, 0.6) is 5.75 Å². The SMILES string of the molecule is CCCCCC1CCC(c2ccc(-c3ccc(-c4cc(F)c(C(F)(F)Oc5cc(F)c(C#N)c(F)c5)c(F)c4)c(F)c3)nc2)CC1. The van der Waals surface area contributed by atoms with Crippen molar-refractivity contribution in [2.45, 2.75) is 70.3 Å². The normalized spacial score (nSPS) is 16.7. The fraction of sp³-hybridized carbons (Fsp3) is 0.333. The zero-order valence-corrected chi connectivity index (χ0v) is 25.0. The van der Waals surface area contributed by atoms with Gasteiger partial charge in [-0.15, -0.1) is 0 Å². The van der Waals surface area contributed by atoms with Crippen LogP contribution in [0.4, 0.5) is 30.7 Å². The summed E-state index contributed by atoms with van der Waals surface area (Å²) in [6.07, 6.45) is 6.77. The van der Waals surface area contributed by atoms with E-state index in [1.165, 1.54) is 56.7 Å². The summed E-state index contributed by atoms with van der Waals surface area (Å²) in [5, 5.41) is 8.72. The Balaban J connectivity index is 1.30. The second-order valence-corrected chi connectivity index (χ2v) is 11.7. The number of nitrogens with zero attached hydrogens (tertiary/aromatic N) is 2. The number of pyridine rings is 1. The molecule has 1 aliphatic rings. The third kappa shape index (κ3) is 7.19. The Kier molecular flexibility index (Phi) is 10.00. The lowest BCUT2D eigenvalue weighted by Crippen LogP contribution is -2.25. The van der Waals surface area contributed by atoms with Crippen LogP contribution in [0.1, 0.15) is 80.9 Å². The molecule has 0 radical (unpaired) electrons. The van der Waals surface area contributed by atoms with Crippen LogP contribution in [0.15, 0.2) is 60.8 Å². The maximum absolute atomic E-state index is 15.2. The second kappa shape index (κ2) is 13.9. The van der Waals surface area contributed by atoms with Crippen molar-refractivity contribution in [2.75, 3.05) is 0 Å². The van der Waals surface area contributed by atoms with Gasteiger partial charge in [0.2, 0.25) is 0 Å². The summed E-state index contributed by atoms with van der Waals surface area (Å²) in [7, 11) is 0. The summed E-state index contributed by atoms with van der Waals surface area (Å²) < 4.78 is 107. The van der Waals surface area contributed by atoms with E-state index in [4.69, 9.17) is 5.26 Å². The topological polar surface area (TPSA) is 45.9 Å². The van der Waals surface area contributed by atoms with E-state index in [0.717, 1.165) is 30.4 Å². The summed E-state index contributed by atoms with van der Waals surface area (Å²) in [5.41, 5.74) is -1.43. The van der Waals surface area contributed by atoms with Crippen LogP contribution in [-0.2, 0) is 6.11 Å². The molecule has 0 bridgehead atoms. The first-order valence-electron chi connectivity index (χ1n) is 15.2. The molecule has 240 valence electrons. The van der Waals surface area contributed by atoms with Crippen LogP contribution >= 0.6 is 0 Å². The Morgan fingerprint density at radius 1 is 0.804 bits per heavy atom. The van der Waals surface area contributed by atoms with Crippen molar-refractivity contribution in [3.63, 3.8) is 0 Å². The van der Waals surface area contributed by atoms with E-state index in [1.807, 2.05) is 6.07 Å². The number of benzene rings is 3. The highest BCUT2D eigenvalue weighted by atomic mass is 19.3. The van der Waals surface area contributed by atoms with Crippen molar-refractivity contribution < 1.29 is 35.5 Å². The van der Waals surface area contributed by atoms with Crippen molar-refractivity contribution in [1.29, 1.82) is 5.26 Å². The Labute approximate surface area is 262 Å². The van der Waals surface area contributed by atoms with E-state index in [-0.39, 0.29) is 11.1 Å². The highest BCUT2D eigenvalue weighted by Crippen LogP contribution is 2.40. The lowest BCUT2D eigenvalue weighted by Gasteiger charge is -2.28. The molecule has 10 heteroatoms. The molecule has 3 nitrogen and oxygen atoms in total. The summed E-state index contributed by atoms with van der Waals surface area (Å²) in [6, 6.07) is 10.5. The van der Waals surface area contributed by atoms with E-state index in [2.05, 4.69) is 16.6 Å². The van der Waals surface area contributed by atoms with Gasteiger partial charge in [-0.2, -0.15) is 14.0 Å². The fourth-order valence-electron chi connectivity index (χ4n) is 6.11. The molecule has 1 heterocycles. The molecule has 1 saturated carbocycles. The third-order valence-electron chi connectivity index (χ3n) is 8.60. The highest BCUT2D eigenvalue weighted by Gasteiger charge is 2.41. The smallest absolute Gasteiger partial charge is 0.429 e. The van der Waals surface area contributed by atoms with Crippen LogP contribution in [0.25, 0.3) is 22.4 Å². The molecular formula is C36H31F7N2O. The van der Waals surface area contributed by atoms with Crippen molar-refractivity contribution >= 4 is 0 Å². The molecule has 0 atom stereocenters. The van der Waals surface area contributed by atoms with Gasteiger partial charge in [0.15, 0.2) is 0 Å². The largest absolute Gasteiger partial charge is 0.432 e. The summed E-state index contributed by atoms with van der Waals surface area (Å²) in [6.45, 7) is 2.21. The maximum Gasteiger partial charge on any atom is 0.432 e. The Morgan fingerprint density at radius 2 is 1.46 bits per heavy atom. The van der Waals surface area contributed by atoms with E-state index in [9.17, 15) is 26.3 Å². The second-order valence-electron chi connectivity index (χ2n) is 11.7. The van der Waals surface area contributed by atoms with Crippen molar-refractivity contribution in [3.8, 4) is 34.2 Å². The Bertz CT molecular complexity index is 1700. The zero-order chi connectivity index (χ0) is 33.0.